The average Bonchev–Trinajstić information content (AvgIpc) is 3.19. The lowest BCUT2D eigenvalue weighted by molar-refractivity contribution is -0.137. The van der Waals surface area contributed by atoms with Crippen LogP contribution in [0.15, 0.2) is 60.7 Å². The molecule has 0 radical (unpaired) electrons. The van der Waals surface area contributed by atoms with Gasteiger partial charge in [-0.1, -0.05) is 42.5 Å². The van der Waals surface area contributed by atoms with E-state index in [0.717, 1.165) is 11.1 Å². The van der Waals surface area contributed by atoms with Crippen molar-refractivity contribution in [2.45, 2.75) is 32.9 Å². The Hall–Kier alpha value is -4.27. The number of hydrogen-bond acceptors (Lipinski definition) is 5. The van der Waals surface area contributed by atoms with Gasteiger partial charge in [0.15, 0.2) is 0 Å². The molecule has 0 aliphatic carbocycles. The number of ketones is 1. The van der Waals surface area contributed by atoms with Crippen LogP contribution in [0.25, 0.3) is 5.69 Å². The molecule has 9 heteroatoms. The van der Waals surface area contributed by atoms with Crippen LogP contribution in [-0.2, 0) is 27.3 Å². The van der Waals surface area contributed by atoms with Gasteiger partial charge in [-0.2, -0.15) is 5.10 Å². The highest BCUT2D eigenvalue weighted by Crippen LogP contribution is 2.15. The monoisotopic (exact) mass is 447 g/mol. The van der Waals surface area contributed by atoms with Crippen molar-refractivity contribution >= 4 is 23.5 Å². The normalized spacial score (nSPS) is 11.5. The minimum absolute atomic E-state index is 0.124. The highest BCUT2D eigenvalue weighted by Gasteiger charge is 2.27. The summed E-state index contributed by atoms with van der Waals surface area (Å²) in [7, 11) is 0. The third-order valence-corrected chi connectivity index (χ3v) is 4.93. The molecule has 3 aromatic rings. The Labute approximate surface area is 191 Å². The molecule has 0 saturated heterocycles. The summed E-state index contributed by atoms with van der Waals surface area (Å²) in [4.78, 5) is 48.1. The molecule has 0 aliphatic rings. The van der Waals surface area contributed by atoms with Gasteiger partial charge in [0.2, 0.25) is 11.7 Å². The van der Waals surface area contributed by atoms with E-state index >= 15 is 0 Å². The Morgan fingerprint density at radius 1 is 1.00 bits per heavy atom. The summed E-state index contributed by atoms with van der Waals surface area (Å²) in [6.07, 6.45) is 0.124. The number of carbonyl (C=O) groups excluding carboxylic acids is 4. The fourth-order valence-corrected chi connectivity index (χ4v) is 3.30. The molecule has 170 valence electrons. The molecular formula is C24H25N5O4. The van der Waals surface area contributed by atoms with Gasteiger partial charge in [-0.05, 0) is 36.2 Å². The number of hydrogen-bond donors (Lipinski definition) is 3. The van der Waals surface area contributed by atoms with Crippen molar-refractivity contribution in [3.05, 3.63) is 83.2 Å². The van der Waals surface area contributed by atoms with Gasteiger partial charge in [0.25, 0.3) is 11.8 Å². The second-order valence-corrected chi connectivity index (χ2v) is 7.60. The molecule has 0 unspecified atom stereocenters. The first kappa shape index (κ1) is 23.4. The number of nitrogens with zero attached hydrogens (tertiary/aromatic N) is 2. The third kappa shape index (κ3) is 6.13. The van der Waals surface area contributed by atoms with E-state index in [1.807, 2.05) is 18.2 Å². The van der Waals surface area contributed by atoms with Gasteiger partial charge in [0.05, 0.1) is 11.4 Å². The first-order valence-electron chi connectivity index (χ1n) is 10.3. The minimum atomic E-state index is -1.12. The molecule has 9 nitrogen and oxygen atoms in total. The molecule has 3 rings (SSSR count). The van der Waals surface area contributed by atoms with Gasteiger partial charge < -0.3 is 16.4 Å². The molecule has 0 spiro atoms. The number of Topliss-reactive ketones (excluding diaryl/α,β-unsaturated/α-hetero) is 1. The zero-order chi connectivity index (χ0) is 24.0. The smallest absolute Gasteiger partial charge is 0.287 e. The summed E-state index contributed by atoms with van der Waals surface area (Å²) < 4.78 is 1.46. The van der Waals surface area contributed by atoms with Crippen LogP contribution in [0.2, 0.25) is 0 Å². The van der Waals surface area contributed by atoms with Crippen molar-refractivity contribution in [1.82, 2.24) is 20.4 Å². The van der Waals surface area contributed by atoms with E-state index in [4.69, 9.17) is 5.73 Å². The largest absolute Gasteiger partial charge is 0.363 e. The Morgan fingerprint density at radius 3 is 2.27 bits per heavy atom. The Kier molecular flexibility index (Phi) is 7.34. The first-order valence-corrected chi connectivity index (χ1v) is 10.3. The molecule has 1 aromatic heterocycles. The van der Waals surface area contributed by atoms with E-state index in [0.29, 0.717) is 17.9 Å². The maximum Gasteiger partial charge on any atom is 0.287 e. The minimum Gasteiger partial charge on any atom is -0.363 e. The van der Waals surface area contributed by atoms with Gasteiger partial charge >= 0.3 is 0 Å². The molecule has 4 N–H and O–H groups in total. The molecule has 3 amide bonds. The number of nitrogens with two attached hydrogens (primary N) is 1. The number of carbonyl (C=O) groups is 4. The zero-order valence-electron chi connectivity index (χ0n) is 18.4. The fourth-order valence-electron chi connectivity index (χ4n) is 3.30. The van der Waals surface area contributed by atoms with Crippen molar-refractivity contribution in [2.75, 3.05) is 0 Å². The SMILES string of the molecule is CC(=O)NCc1ccc(-n2nc(C)cc2C(=O)N[C@@H](Cc2ccccc2)C(=O)C(N)=O)cc1. The molecule has 1 atom stereocenters. The van der Waals surface area contributed by atoms with Crippen LogP contribution < -0.4 is 16.4 Å². The number of primary amides is 1. The van der Waals surface area contributed by atoms with Crippen LogP contribution in [0, 0.1) is 6.92 Å². The van der Waals surface area contributed by atoms with Gasteiger partial charge in [-0.15, -0.1) is 0 Å². The molecule has 0 bridgehead atoms. The number of rotatable bonds is 9. The summed E-state index contributed by atoms with van der Waals surface area (Å²) in [5.41, 5.74) is 8.30. The zero-order valence-corrected chi connectivity index (χ0v) is 18.4. The van der Waals surface area contributed by atoms with Crippen LogP contribution in [0.3, 0.4) is 0 Å². The van der Waals surface area contributed by atoms with Crippen LogP contribution in [0.1, 0.15) is 34.2 Å². The van der Waals surface area contributed by atoms with E-state index in [1.165, 1.54) is 11.6 Å². The van der Waals surface area contributed by atoms with E-state index in [1.54, 1.807) is 49.4 Å². The van der Waals surface area contributed by atoms with Crippen molar-refractivity contribution in [3.63, 3.8) is 0 Å². The van der Waals surface area contributed by atoms with Crippen molar-refractivity contribution in [1.29, 1.82) is 0 Å². The maximum absolute atomic E-state index is 13.1. The molecule has 1 heterocycles. The lowest BCUT2D eigenvalue weighted by atomic mass is 10.0. The highest BCUT2D eigenvalue weighted by molar-refractivity contribution is 6.38. The third-order valence-electron chi connectivity index (χ3n) is 4.93. The van der Waals surface area contributed by atoms with Crippen molar-refractivity contribution in [2.24, 2.45) is 5.73 Å². The second-order valence-electron chi connectivity index (χ2n) is 7.60. The summed E-state index contributed by atoms with van der Waals surface area (Å²) in [6, 6.07) is 16.7. The second kappa shape index (κ2) is 10.4. The number of aromatic nitrogens is 2. The van der Waals surface area contributed by atoms with Crippen LogP contribution >= 0.6 is 0 Å². The van der Waals surface area contributed by atoms with Crippen molar-refractivity contribution in [3.8, 4) is 5.69 Å². The van der Waals surface area contributed by atoms with Crippen LogP contribution in [-0.4, -0.2) is 39.3 Å². The van der Waals surface area contributed by atoms with Gasteiger partial charge in [-0.25, -0.2) is 4.68 Å². The Bertz CT molecular complexity index is 1170. The first-order chi connectivity index (χ1) is 15.7. The van der Waals surface area contributed by atoms with E-state index in [-0.39, 0.29) is 18.0 Å². The van der Waals surface area contributed by atoms with E-state index < -0.39 is 23.6 Å². The summed E-state index contributed by atoms with van der Waals surface area (Å²) >= 11 is 0. The molecular weight excluding hydrogens is 422 g/mol. The van der Waals surface area contributed by atoms with Gasteiger partial charge in [-0.3, -0.25) is 19.2 Å². The molecule has 0 saturated carbocycles. The molecule has 2 aromatic carbocycles. The van der Waals surface area contributed by atoms with Gasteiger partial charge in [0, 0.05) is 19.9 Å². The lowest BCUT2D eigenvalue weighted by Crippen LogP contribution is -2.47. The van der Waals surface area contributed by atoms with E-state index in [2.05, 4.69) is 15.7 Å². The average molecular weight is 447 g/mol. The molecule has 0 fully saturated rings. The Balaban J connectivity index is 1.83. The summed E-state index contributed by atoms with van der Waals surface area (Å²) in [5.74, 6) is -2.68. The standard InChI is InChI=1S/C24H25N5O4/c1-15-12-21(29(28-15)19-10-8-18(9-11-19)14-26-16(2)30)24(33)27-20(22(31)23(25)32)13-17-6-4-3-5-7-17/h3-12,20H,13-14H2,1-2H3,(H2,25,32)(H,26,30)(H,27,33)/t20-/m0/s1. The Morgan fingerprint density at radius 2 is 1.67 bits per heavy atom. The molecule has 33 heavy (non-hydrogen) atoms. The quantitative estimate of drug-likeness (QED) is 0.424. The fraction of sp³-hybridized carbons (Fsp3) is 0.208. The number of nitrogens with one attached hydrogen (secondary N) is 2. The van der Waals surface area contributed by atoms with Gasteiger partial charge in [0.1, 0.15) is 11.7 Å². The summed E-state index contributed by atoms with van der Waals surface area (Å²) in [5, 5.41) is 9.74. The van der Waals surface area contributed by atoms with Crippen molar-refractivity contribution < 1.29 is 19.2 Å². The maximum atomic E-state index is 13.1. The predicted molar refractivity (Wildman–Crippen MR) is 121 cm³/mol. The van der Waals surface area contributed by atoms with Crippen LogP contribution in [0.4, 0.5) is 0 Å². The topological polar surface area (TPSA) is 136 Å². The number of aryl methyl sites for hydroxylation is 1. The van der Waals surface area contributed by atoms with Crippen LogP contribution in [0.5, 0.6) is 0 Å². The summed E-state index contributed by atoms with van der Waals surface area (Å²) in [6.45, 7) is 3.58. The predicted octanol–water partition coefficient (Wildman–Crippen LogP) is 1.21. The highest BCUT2D eigenvalue weighted by atomic mass is 16.2. The van der Waals surface area contributed by atoms with E-state index in [9.17, 15) is 19.2 Å². The number of benzene rings is 2. The molecule has 0 aliphatic heterocycles. The number of amides is 3. The lowest BCUT2D eigenvalue weighted by Gasteiger charge is -2.17.